The summed E-state index contributed by atoms with van der Waals surface area (Å²) in [6, 6.07) is 7.93. The van der Waals surface area contributed by atoms with E-state index < -0.39 is 60.5 Å². The van der Waals surface area contributed by atoms with Crippen LogP contribution < -0.4 is 5.32 Å². The fourth-order valence-corrected chi connectivity index (χ4v) is 3.85. The van der Waals surface area contributed by atoms with Crippen LogP contribution in [0.1, 0.15) is 32.6 Å². The molecule has 2 N–H and O–H groups in total. The Morgan fingerprint density at radius 3 is 2.50 bits per heavy atom. The molecule has 2 aliphatic heterocycles. The molecule has 0 radical (unpaired) electrons. The number of methoxy groups -OCH3 is 2. The highest BCUT2D eigenvalue weighted by atomic mass is 16.7. The van der Waals surface area contributed by atoms with E-state index in [0.29, 0.717) is 0 Å². The number of alkyl carbamates (subject to hydrolysis) is 1. The van der Waals surface area contributed by atoms with Crippen LogP contribution in [0.5, 0.6) is 0 Å². The van der Waals surface area contributed by atoms with Gasteiger partial charge in [-0.1, -0.05) is 30.3 Å². The Hall–Kier alpha value is -2.28. The zero-order chi connectivity index (χ0) is 24.9. The predicted molar refractivity (Wildman–Crippen MR) is 117 cm³/mol. The van der Waals surface area contributed by atoms with E-state index in [4.69, 9.17) is 33.2 Å². The molecule has 1 aromatic carbocycles. The maximum atomic E-state index is 12.6. The van der Waals surface area contributed by atoms with Gasteiger partial charge in [-0.3, -0.25) is 0 Å². The van der Waals surface area contributed by atoms with E-state index in [1.807, 2.05) is 30.3 Å². The number of benzene rings is 1. The molecule has 0 saturated carbocycles. The van der Waals surface area contributed by atoms with Gasteiger partial charge in [-0.2, -0.15) is 0 Å². The van der Waals surface area contributed by atoms with Crippen LogP contribution in [0, 0.1) is 0 Å². The van der Waals surface area contributed by atoms with Crippen LogP contribution in [0.3, 0.4) is 0 Å². The standard InChI is InChI=1S/C23H33NO10/c1-23(2,3)34-22(27)24-15(20(26)29-5)18-19(31-12-28-4)16(25)17-14(32-18)11-30-21(33-17)13-9-7-6-8-10-13/h6-10,14-19,21,25H,11-12H2,1-5H3,(H,24,27)/t14-,15+,16+,17-,18+,19-,21-/m1/s1. The molecule has 0 bridgehead atoms. The van der Waals surface area contributed by atoms with Crippen molar-refractivity contribution >= 4 is 12.1 Å². The fraction of sp³-hybridized carbons (Fsp3) is 0.652. The minimum absolute atomic E-state index is 0.0785. The van der Waals surface area contributed by atoms with Crippen molar-refractivity contribution in [1.29, 1.82) is 0 Å². The zero-order valence-electron chi connectivity index (χ0n) is 20.0. The fourth-order valence-electron chi connectivity index (χ4n) is 3.85. The van der Waals surface area contributed by atoms with Gasteiger partial charge in [-0.15, -0.1) is 0 Å². The number of aliphatic hydroxyl groups excluding tert-OH is 1. The third kappa shape index (κ3) is 6.44. The molecular weight excluding hydrogens is 450 g/mol. The van der Waals surface area contributed by atoms with Gasteiger partial charge in [0, 0.05) is 12.7 Å². The maximum absolute atomic E-state index is 12.6. The second kappa shape index (κ2) is 11.4. The summed E-state index contributed by atoms with van der Waals surface area (Å²) in [5.74, 6) is -0.799. The molecule has 0 aliphatic carbocycles. The molecule has 2 saturated heterocycles. The Labute approximate surface area is 198 Å². The number of nitrogens with one attached hydrogen (secondary N) is 1. The van der Waals surface area contributed by atoms with Crippen molar-refractivity contribution in [3.63, 3.8) is 0 Å². The molecule has 0 unspecified atom stereocenters. The Bertz CT molecular complexity index is 814. The molecular formula is C23H33NO10. The summed E-state index contributed by atoms with van der Waals surface area (Å²) in [7, 11) is 2.59. The molecule has 2 heterocycles. The highest BCUT2D eigenvalue weighted by Crippen LogP contribution is 2.36. The summed E-state index contributed by atoms with van der Waals surface area (Å²) in [5, 5.41) is 13.7. The monoisotopic (exact) mass is 483 g/mol. The average molecular weight is 484 g/mol. The highest BCUT2D eigenvalue weighted by Gasteiger charge is 2.54. The third-order valence-electron chi connectivity index (χ3n) is 5.29. The number of ether oxygens (including phenoxy) is 7. The summed E-state index contributed by atoms with van der Waals surface area (Å²) in [5.41, 5.74) is -0.0182. The van der Waals surface area contributed by atoms with E-state index in [0.717, 1.165) is 5.56 Å². The van der Waals surface area contributed by atoms with Gasteiger partial charge in [0.2, 0.25) is 0 Å². The third-order valence-corrected chi connectivity index (χ3v) is 5.29. The van der Waals surface area contributed by atoms with Gasteiger partial charge < -0.3 is 43.6 Å². The lowest BCUT2D eigenvalue weighted by molar-refractivity contribution is -0.338. The van der Waals surface area contributed by atoms with Crippen LogP contribution in [0.15, 0.2) is 30.3 Å². The van der Waals surface area contributed by atoms with E-state index in [-0.39, 0.29) is 13.4 Å². The van der Waals surface area contributed by atoms with Gasteiger partial charge in [-0.05, 0) is 20.8 Å². The van der Waals surface area contributed by atoms with Gasteiger partial charge in [0.05, 0.1) is 13.7 Å². The number of rotatable bonds is 7. The highest BCUT2D eigenvalue weighted by molar-refractivity contribution is 5.82. The number of hydrogen-bond acceptors (Lipinski definition) is 10. The van der Waals surface area contributed by atoms with E-state index in [2.05, 4.69) is 5.32 Å². The predicted octanol–water partition coefficient (Wildman–Crippen LogP) is 1.28. The lowest BCUT2D eigenvalue weighted by atomic mass is 9.90. The van der Waals surface area contributed by atoms with Crippen molar-refractivity contribution in [2.24, 2.45) is 0 Å². The van der Waals surface area contributed by atoms with Gasteiger partial charge >= 0.3 is 12.1 Å². The molecule has 34 heavy (non-hydrogen) atoms. The molecule has 11 heteroatoms. The zero-order valence-corrected chi connectivity index (χ0v) is 20.0. The van der Waals surface area contributed by atoms with E-state index in [9.17, 15) is 14.7 Å². The summed E-state index contributed by atoms with van der Waals surface area (Å²) < 4.78 is 38.8. The Morgan fingerprint density at radius 1 is 1.18 bits per heavy atom. The molecule has 3 rings (SSSR count). The van der Waals surface area contributed by atoms with Crippen molar-refractivity contribution < 1.29 is 47.9 Å². The van der Waals surface area contributed by atoms with Gasteiger partial charge in [-0.25, -0.2) is 9.59 Å². The molecule has 0 spiro atoms. The van der Waals surface area contributed by atoms with Gasteiger partial charge in [0.15, 0.2) is 12.3 Å². The molecule has 1 aromatic rings. The first-order chi connectivity index (χ1) is 16.1. The van der Waals surface area contributed by atoms with Crippen molar-refractivity contribution in [2.75, 3.05) is 27.6 Å². The number of carbonyl (C=O) groups excluding carboxylic acids is 2. The normalized spacial score (nSPS) is 30.1. The van der Waals surface area contributed by atoms with Gasteiger partial charge in [0.1, 0.15) is 42.9 Å². The van der Waals surface area contributed by atoms with Crippen LogP contribution in [-0.2, 0) is 38.0 Å². The van der Waals surface area contributed by atoms with Crippen molar-refractivity contribution in [1.82, 2.24) is 5.32 Å². The van der Waals surface area contributed by atoms with Crippen molar-refractivity contribution in [3.05, 3.63) is 35.9 Å². The Morgan fingerprint density at radius 2 is 1.88 bits per heavy atom. The number of esters is 1. The summed E-state index contributed by atoms with van der Waals surface area (Å²) in [6.07, 6.45) is -6.61. The number of carbonyl (C=O) groups is 2. The molecule has 0 aromatic heterocycles. The number of fused-ring (bicyclic) bond motifs is 1. The van der Waals surface area contributed by atoms with Crippen LogP contribution in [0.25, 0.3) is 0 Å². The number of amides is 1. The quantitative estimate of drug-likeness (QED) is 0.432. The van der Waals surface area contributed by atoms with Crippen LogP contribution in [0.4, 0.5) is 4.79 Å². The van der Waals surface area contributed by atoms with Crippen LogP contribution in [-0.4, -0.2) is 87.0 Å². The van der Waals surface area contributed by atoms with Gasteiger partial charge in [0.25, 0.3) is 0 Å². The molecule has 7 atom stereocenters. The summed E-state index contributed by atoms with van der Waals surface area (Å²) in [6.45, 7) is 4.95. The molecule has 2 aliphatic rings. The molecule has 2 fully saturated rings. The number of aliphatic hydroxyl groups is 1. The number of hydrogen-bond donors (Lipinski definition) is 2. The van der Waals surface area contributed by atoms with Crippen LogP contribution >= 0.6 is 0 Å². The first-order valence-electron chi connectivity index (χ1n) is 11.0. The summed E-state index contributed by atoms with van der Waals surface area (Å²) >= 11 is 0. The molecule has 11 nitrogen and oxygen atoms in total. The van der Waals surface area contributed by atoms with Crippen molar-refractivity contribution in [3.8, 4) is 0 Å². The first kappa shape index (κ1) is 26.3. The minimum atomic E-state index is -1.34. The average Bonchev–Trinajstić information content (AvgIpc) is 2.80. The smallest absolute Gasteiger partial charge is 0.408 e. The molecule has 1 amide bonds. The Balaban J connectivity index is 1.83. The second-order valence-corrected chi connectivity index (χ2v) is 8.99. The largest absolute Gasteiger partial charge is 0.467 e. The van der Waals surface area contributed by atoms with E-state index in [1.165, 1.54) is 14.2 Å². The summed E-state index contributed by atoms with van der Waals surface area (Å²) in [4.78, 5) is 25.1. The Kier molecular flexibility index (Phi) is 8.85. The SMILES string of the molecule is COCO[C@@H]1[C@@H](O)[C@@H]2O[C@H](c3ccccc3)OC[C@H]2O[C@H]1[C@H](NC(=O)OC(C)(C)C)C(=O)OC. The topological polar surface area (TPSA) is 131 Å². The maximum Gasteiger partial charge on any atom is 0.408 e. The van der Waals surface area contributed by atoms with E-state index >= 15 is 0 Å². The van der Waals surface area contributed by atoms with Crippen molar-refractivity contribution in [2.45, 2.75) is 69.2 Å². The lowest BCUT2D eigenvalue weighted by Crippen LogP contribution is -2.68. The molecule has 190 valence electrons. The minimum Gasteiger partial charge on any atom is -0.467 e. The lowest BCUT2D eigenvalue weighted by Gasteiger charge is -2.48. The van der Waals surface area contributed by atoms with E-state index in [1.54, 1.807) is 20.8 Å². The second-order valence-electron chi connectivity index (χ2n) is 8.99. The van der Waals surface area contributed by atoms with Crippen LogP contribution in [0.2, 0.25) is 0 Å². The first-order valence-corrected chi connectivity index (χ1v) is 11.0.